The number of azo groups is 1. The molecule has 1 aromatic carbocycles. The highest BCUT2D eigenvalue weighted by Gasteiger charge is 2.08. The molecule has 6 nitrogen and oxygen atoms in total. The number of carboxylic acids is 1. The van der Waals surface area contributed by atoms with Crippen molar-refractivity contribution in [3.05, 3.63) is 59.4 Å². The summed E-state index contributed by atoms with van der Waals surface area (Å²) in [5, 5.41) is 17.4. The molecule has 0 atom stereocenters. The summed E-state index contributed by atoms with van der Waals surface area (Å²) >= 11 is 0. The number of carboxylic acid groups (broad SMARTS) is 1. The van der Waals surface area contributed by atoms with Gasteiger partial charge in [-0.1, -0.05) is 12.1 Å². The quantitative estimate of drug-likeness (QED) is 0.739. The molecule has 2 heterocycles. The van der Waals surface area contributed by atoms with Crippen molar-refractivity contribution < 1.29 is 9.90 Å². The molecule has 0 spiro atoms. The van der Waals surface area contributed by atoms with Crippen LogP contribution in [0.15, 0.2) is 52.8 Å². The lowest BCUT2D eigenvalue weighted by molar-refractivity contribution is 0.0697. The molecule has 3 aromatic rings. The van der Waals surface area contributed by atoms with Crippen molar-refractivity contribution in [1.82, 2.24) is 9.38 Å². The van der Waals surface area contributed by atoms with Gasteiger partial charge in [-0.15, -0.1) is 10.2 Å². The van der Waals surface area contributed by atoms with E-state index in [1.54, 1.807) is 12.1 Å². The largest absolute Gasteiger partial charge is 0.478 e. The summed E-state index contributed by atoms with van der Waals surface area (Å²) in [6, 6.07) is 10.3. The summed E-state index contributed by atoms with van der Waals surface area (Å²) in [5.41, 5.74) is 3.33. The van der Waals surface area contributed by atoms with Crippen LogP contribution in [-0.2, 0) is 0 Å². The van der Waals surface area contributed by atoms with Gasteiger partial charge in [0.1, 0.15) is 5.65 Å². The Balaban J connectivity index is 2.02. The molecule has 0 radical (unpaired) electrons. The minimum atomic E-state index is -0.987. The van der Waals surface area contributed by atoms with Crippen LogP contribution in [0.1, 0.15) is 21.6 Å². The zero-order chi connectivity index (χ0) is 15.7. The molecule has 0 saturated carbocycles. The minimum Gasteiger partial charge on any atom is -0.478 e. The zero-order valence-electron chi connectivity index (χ0n) is 12.2. The van der Waals surface area contributed by atoms with Crippen LogP contribution in [-0.4, -0.2) is 20.5 Å². The topological polar surface area (TPSA) is 79.3 Å². The van der Waals surface area contributed by atoms with Crippen LogP contribution in [0.5, 0.6) is 0 Å². The van der Waals surface area contributed by atoms with Gasteiger partial charge in [-0.3, -0.25) is 4.40 Å². The van der Waals surface area contributed by atoms with E-state index in [4.69, 9.17) is 5.11 Å². The lowest BCUT2D eigenvalue weighted by Gasteiger charge is -1.99. The number of hydrogen-bond donors (Lipinski definition) is 1. The Hall–Kier alpha value is -3.02. The fourth-order valence-corrected chi connectivity index (χ4v) is 2.18. The summed E-state index contributed by atoms with van der Waals surface area (Å²) < 4.78 is 1.87. The molecule has 6 heteroatoms. The van der Waals surface area contributed by atoms with Crippen molar-refractivity contribution in [2.45, 2.75) is 13.8 Å². The second-order valence-corrected chi connectivity index (χ2v) is 5.01. The van der Waals surface area contributed by atoms with Crippen molar-refractivity contribution in [3.8, 4) is 0 Å². The number of rotatable bonds is 3. The van der Waals surface area contributed by atoms with E-state index in [0.29, 0.717) is 11.5 Å². The van der Waals surface area contributed by atoms with E-state index in [0.717, 1.165) is 16.9 Å². The summed E-state index contributed by atoms with van der Waals surface area (Å²) in [4.78, 5) is 15.4. The lowest BCUT2D eigenvalue weighted by atomic mass is 10.2. The Morgan fingerprint density at radius 3 is 2.77 bits per heavy atom. The van der Waals surface area contributed by atoms with Crippen molar-refractivity contribution >= 4 is 23.1 Å². The molecule has 1 N–H and O–H groups in total. The highest BCUT2D eigenvalue weighted by atomic mass is 16.4. The number of aromatic nitrogens is 2. The van der Waals surface area contributed by atoms with Crippen LogP contribution >= 0.6 is 0 Å². The number of fused-ring (bicyclic) bond motifs is 1. The Labute approximate surface area is 126 Å². The second-order valence-electron chi connectivity index (χ2n) is 5.01. The number of pyridine rings is 1. The number of aromatic carboxylic acids is 1. The Kier molecular flexibility index (Phi) is 3.42. The van der Waals surface area contributed by atoms with Gasteiger partial charge in [0.25, 0.3) is 0 Å². The average molecular weight is 294 g/mol. The van der Waals surface area contributed by atoms with Gasteiger partial charge >= 0.3 is 5.97 Å². The molecule has 110 valence electrons. The molecule has 3 rings (SSSR count). The third-order valence-corrected chi connectivity index (χ3v) is 3.26. The van der Waals surface area contributed by atoms with Crippen molar-refractivity contribution in [3.63, 3.8) is 0 Å². The Bertz CT molecular complexity index is 896. The molecule has 2 aromatic heterocycles. The Morgan fingerprint density at radius 2 is 2.00 bits per heavy atom. The van der Waals surface area contributed by atoms with Crippen LogP contribution < -0.4 is 0 Å². The van der Waals surface area contributed by atoms with Crippen LogP contribution in [0.2, 0.25) is 0 Å². The predicted molar refractivity (Wildman–Crippen MR) is 82.2 cm³/mol. The monoisotopic (exact) mass is 294 g/mol. The first kappa shape index (κ1) is 13.9. The van der Waals surface area contributed by atoms with Gasteiger partial charge in [-0.2, -0.15) is 0 Å². The number of imidazole rings is 1. The summed E-state index contributed by atoms with van der Waals surface area (Å²) in [6.07, 6.45) is 1.94. The molecule has 0 saturated heterocycles. The van der Waals surface area contributed by atoms with E-state index in [2.05, 4.69) is 15.2 Å². The van der Waals surface area contributed by atoms with Crippen LogP contribution in [0.25, 0.3) is 5.65 Å². The molecule has 0 bridgehead atoms. The summed E-state index contributed by atoms with van der Waals surface area (Å²) in [5.74, 6) is -0.349. The lowest BCUT2D eigenvalue weighted by Crippen LogP contribution is -1.94. The highest BCUT2D eigenvalue weighted by Crippen LogP contribution is 2.24. The molecule has 0 fully saturated rings. The fraction of sp³-hybridized carbons (Fsp3) is 0.125. The van der Waals surface area contributed by atoms with E-state index < -0.39 is 5.97 Å². The number of aryl methyl sites for hydroxylation is 2. The van der Waals surface area contributed by atoms with Crippen LogP contribution in [0.3, 0.4) is 0 Å². The van der Waals surface area contributed by atoms with E-state index in [9.17, 15) is 4.79 Å². The van der Waals surface area contributed by atoms with Gasteiger partial charge in [-0.25, -0.2) is 9.78 Å². The molecular formula is C16H14N4O2. The van der Waals surface area contributed by atoms with E-state index in [1.165, 1.54) is 12.1 Å². The second kappa shape index (κ2) is 5.40. The van der Waals surface area contributed by atoms with Crippen molar-refractivity contribution in [2.24, 2.45) is 10.2 Å². The first-order valence-corrected chi connectivity index (χ1v) is 6.75. The molecule has 0 aliphatic heterocycles. The third-order valence-electron chi connectivity index (χ3n) is 3.26. The first-order valence-electron chi connectivity index (χ1n) is 6.75. The van der Waals surface area contributed by atoms with Gasteiger partial charge in [-0.05, 0) is 43.7 Å². The first-order chi connectivity index (χ1) is 10.5. The maximum Gasteiger partial charge on any atom is 0.335 e. The average Bonchev–Trinajstić information content (AvgIpc) is 2.80. The molecule has 0 amide bonds. The van der Waals surface area contributed by atoms with Crippen LogP contribution in [0, 0.1) is 13.8 Å². The fourth-order valence-electron chi connectivity index (χ4n) is 2.18. The third kappa shape index (κ3) is 2.58. The van der Waals surface area contributed by atoms with Gasteiger partial charge in [0.15, 0.2) is 5.82 Å². The predicted octanol–water partition coefficient (Wildman–Crippen LogP) is 4.06. The highest BCUT2D eigenvalue weighted by molar-refractivity contribution is 5.88. The maximum atomic E-state index is 11.0. The normalized spacial score (nSPS) is 11.4. The minimum absolute atomic E-state index is 0.183. The van der Waals surface area contributed by atoms with Crippen molar-refractivity contribution in [1.29, 1.82) is 0 Å². The van der Waals surface area contributed by atoms with E-state index in [1.807, 2.05) is 36.6 Å². The molecule has 0 aliphatic carbocycles. The molecule has 0 aliphatic rings. The van der Waals surface area contributed by atoms with Gasteiger partial charge < -0.3 is 5.11 Å². The smallest absolute Gasteiger partial charge is 0.335 e. The standard InChI is InChI=1S/C16H14N4O2/c1-10-6-7-14-17-11(2)15(20(14)9-10)19-18-13-5-3-4-12(8-13)16(21)22/h3-9H,1-2H3,(H,21,22). The maximum absolute atomic E-state index is 11.0. The van der Waals surface area contributed by atoms with Gasteiger partial charge in [0.2, 0.25) is 0 Å². The Morgan fingerprint density at radius 1 is 1.18 bits per heavy atom. The van der Waals surface area contributed by atoms with E-state index in [-0.39, 0.29) is 5.56 Å². The van der Waals surface area contributed by atoms with Gasteiger partial charge in [0, 0.05) is 6.20 Å². The summed E-state index contributed by atoms with van der Waals surface area (Å²) in [6.45, 7) is 3.86. The molecule has 0 unspecified atom stereocenters. The number of carbonyl (C=O) groups is 1. The van der Waals surface area contributed by atoms with Gasteiger partial charge in [0.05, 0.1) is 16.9 Å². The number of nitrogens with zero attached hydrogens (tertiary/aromatic N) is 4. The van der Waals surface area contributed by atoms with E-state index >= 15 is 0 Å². The number of hydrogen-bond acceptors (Lipinski definition) is 4. The van der Waals surface area contributed by atoms with Crippen molar-refractivity contribution in [2.75, 3.05) is 0 Å². The molecular weight excluding hydrogens is 280 g/mol. The zero-order valence-corrected chi connectivity index (χ0v) is 12.2. The molecule has 22 heavy (non-hydrogen) atoms. The van der Waals surface area contributed by atoms with Crippen LogP contribution in [0.4, 0.5) is 11.5 Å². The summed E-state index contributed by atoms with van der Waals surface area (Å²) in [7, 11) is 0. The SMILES string of the molecule is Cc1ccc2nc(C)c(N=Nc3cccc(C(=O)O)c3)n2c1. The number of benzene rings is 1.